The maximum absolute atomic E-state index is 12.5. The summed E-state index contributed by atoms with van der Waals surface area (Å²) in [6.07, 6.45) is 0.655. The van der Waals surface area contributed by atoms with Gasteiger partial charge in [0.15, 0.2) is 6.10 Å². The highest BCUT2D eigenvalue weighted by Gasteiger charge is 2.21. The van der Waals surface area contributed by atoms with Gasteiger partial charge in [0.2, 0.25) is 0 Å². The molecule has 2 heterocycles. The maximum Gasteiger partial charge on any atom is 0.338 e. The average Bonchev–Trinajstić information content (AvgIpc) is 3.26. The number of hydrogen-bond acceptors (Lipinski definition) is 6. The standard InChI is InChI=1S/C23H23N3O5/c1-14(21(27)24-13-15-5-8-17(30-2)9-6-15)31-23(29)16-7-10-18-19(12-16)25-20-4-3-11-26(20)22(18)28/h5-10,12,14H,3-4,11,13H2,1-2H3,(H,24,27). The number of nitrogens with one attached hydrogen (secondary N) is 1. The molecule has 3 aromatic rings. The van der Waals surface area contributed by atoms with E-state index in [0.29, 0.717) is 24.0 Å². The van der Waals surface area contributed by atoms with E-state index in [-0.39, 0.29) is 11.1 Å². The number of hydrogen-bond donors (Lipinski definition) is 1. The van der Waals surface area contributed by atoms with Gasteiger partial charge in [-0.2, -0.15) is 0 Å². The summed E-state index contributed by atoms with van der Waals surface area (Å²) in [4.78, 5) is 41.9. The van der Waals surface area contributed by atoms with Crippen molar-refractivity contribution in [1.29, 1.82) is 0 Å². The van der Waals surface area contributed by atoms with Crippen molar-refractivity contribution in [2.24, 2.45) is 0 Å². The molecule has 1 aliphatic rings. The van der Waals surface area contributed by atoms with Gasteiger partial charge in [0.1, 0.15) is 11.6 Å². The molecule has 31 heavy (non-hydrogen) atoms. The zero-order valence-electron chi connectivity index (χ0n) is 17.4. The van der Waals surface area contributed by atoms with Crippen molar-refractivity contribution in [3.8, 4) is 5.75 Å². The van der Waals surface area contributed by atoms with Gasteiger partial charge in [-0.1, -0.05) is 12.1 Å². The van der Waals surface area contributed by atoms with Crippen LogP contribution in [0.2, 0.25) is 0 Å². The lowest BCUT2D eigenvalue weighted by atomic mass is 10.1. The molecule has 1 N–H and O–H groups in total. The van der Waals surface area contributed by atoms with E-state index >= 15 is 0 Å². The molecule has 0 spiro atoms. The summed E-state index contributed by atoms with van der Waals surface area (Å²) in [7, 11) is 1.59. The second kappa shape index (κ2) is 8.59. The monoisotopic (exact) mass is 421 g/mol. The number of aryl methyl sites for hydroxylation is 1. The third kappa shape index (κ3) is 4.28. The van der Waals surface area contributed by atoms with Gasteiger partial charge in [0, 0.05) is 19.5 Å². The summed E-state index contributed by atoms with van der Waals surface area (Å²) < 4.78 is 12.1. The first-order valence-electron chi connectivity index (χ1n) is 10.1. The van der Waals surface area contributed by atoms with Crippen molar-refractivity contribution >= 4 is 22.8 Å². The zero-order valence-corrected chi connectivity index (χ0v) is 17.4. The predicted octanol–water partition coefficient (Wildman–Crippen LogP) is 2.21. The van der Waals surface area contributed by atoms with Gasteiger partial charge in [0.05, 0.1) is 23.6 Å². The third-order valence-corrected chi connectivity index (χ3v) is 5.33. The molecule has 8 heteroatoms. The zero-order chi connectivity index (χ0) is 22.0. The SMILES string of the molecule is COc1ccc(CNC(=O)C(C)OC(=O)c2ccc3c(=O)n4c(nc3c2)CCC4)cc1. The number of carbonyl (C=O) groups excluding carboxylic acids is 2. The Balaban J connectivity index is 1.41. The number of amides is 1. The normalized spacial score (nSPS) is 13.5. The lowest BCUT2D eigenvalue weighted by Gasteiger charge is -2.14. The Morgan fingerprint density at radius 1 is 1.19 bits per heavy atom. The molecular weight excluding hydrogens is 398 g/mol. The molecule has 0 saturated carbocycles. The lowest BCUT2D eigenvalue weighted by Crippen LogP contribution is -2.35. The predicted molar refractivity (Wildman–Crippen MR) is 114 cm³/mol. The van der Waals surface area contributed by atoms with Crippen LogP contribution in [0.1, 0.15) is 35.1 Å². The Labute approximate surface area is 178 Å². The Morgan fingerprint density at radius 2 is 1.97 bits per heavy atom. The topological polar surface area (TPSA) is 99.5 Å². The first-order valence-corrected chi connectivity index (χ1v) is 10.1. The quantitative estimate of drug-likeness (QED) is 0.613. The van der Waals surface area contributed by atoms with E-state index in [0.717, 1.165) is 30.0 Å². The molecule has 2 aromatic carbocycles. The highest BCUT2D eigenvalue weighted by Crippen LogP contribution is 2.17. The van der Waals surface area contributed by atoms with Gasteiger partial charge >= 0.3 is 5.97 Å². The van der Waals surface area contributed by atoms with Crippen LogP contribution in [0.5, 0.6) is 5.75 Å². The van der Waals surface area contributed by atoms with Gasteiger partial charge in [-0.3, -0.25) is 14.2 Å². The van der Waals surface area contributed by atoms with Gasteiger partial charge < -0.3 is 14.8 Å². The molecule has 1 atom stereocenters. The van der Waals surface area contributed by atoms with E-state index in [2.05, 4.69) is 10.3 Å². The molecule has 0 bridgehead atoms. The van der Waals surface area contributed by atoms with Gasteiger partial charge in [0.25, 0.3) is 11.5 Å². The highest BCUT2D eigenvalue weighted by molar-refractivity contribution is 5.95. The number of methoxy groups -OCH3 is 1. The van der Waals surface area contributed by atoms with Crippen LogP contribution in [0.3, 0.4) is 0 Å². The fourth-order valence-corrected chi connectivity index (χ4v) is 3.57. The van der Waals surface area contributed by atoms with Crippen LogP contribution in [0.25, 0.3) is 10.9 Å². The summed E-state index contributed by atoms with van der Waals surface area (Å²) in [5.41, 5.74) is 1.51. The van der Waals surface area contributed by atoms with Crippen LogP contribution in [-0.2, 0) is 29.0 Å². The number of nitrogens with zero attached hydrogens (tertiary/aromatic N) is 2. The molecule has 160 valence electrons. The van der Waals surface area contributed by atoms with E-state index in [4.69, 9.17) is 9.47 Å². The van der Waals surface area contributed by atoms with Gasteiger partial charge in [-0.25, -0.2) is 9.78 Å². The number of carbonyl (C=O) groups is 2. The van der Waals surface area contributed by atoms with Crippen molar-refractivity contribution in [1.82, 2.24) is 14.9 Å². The molecule has 4 rings (SSSR count). The summed E-state index contributed by atoms with van der Waals surface area (Å²) in [6, 6.07) is 12.0. The second-order valence-electron chi connectivity index (χ2n) is 7.43. The van der Waals surface area contributed by atoms with Crippen LogP contribution in [0.4, 0.5) is 0 Å². The molecule has 8 nitrogen and oxygen atoms in total. The van der Waals surface area contributed by atoms with Crippen LogP contribution in [0, 0.1) is 0 Å². The Morgan fingerprint density at radius 3 is 2.71 bits per heavy atom. The maximum atomic E-state index is 12.5. The molecular formula is C23H23N3O5. The lowest BCUT2D eigenvalue weighted by molar-refractivity contribution is -0.129. The molecule has 1 amide bonds. The molecule has 0 saturated heterocycles. The first kappa shape index (κ1) is 20.6. The minimum Gasteiger partial charge on any atom is -0.497 e. The molecule has 1 aliphatic heterocycles. The van der Waals surface area contributed by atoms with Gasteiger partial charge in [-0.05, 0) is 49.2 Å². The number of fused-ring (bicyclic) bond motifs is 2. The summed E-state index contributed by atoms with van der Waals surface area (Å²) >= 11 is 0. The summed E-state index contributed by atoms with van der Waals surface area (Å²) in [5, 5.41) is 3.21. The fraction of sp³-hybridized carbons (Fsp3) is 0.304. The van der Waals surface area contributed by atoms with Crippen molar-refractivity contribution in [3.05, 3.63) is 69.8 Å². The molecule has 0 aliphatic carbocycles. The number of ether oxygens (including phenoxy) is 2. The summed E-state index contributed by atoms with van der Waals surface area (Å²) in [5.74, 6) is 0.416. The van der Waals surface area contributed by atoms with E-state index in [9.17, 15) is 14.4 Å². The molecule has 1 unspecified atom stereocenters. The van der Waals surface area contributed by atoms with Crippen molar-refractivity contribution < 1.29 is 19.1 Å². The largest absolute Gasteiger partial charge is 0.497 e. The van der Waals surface area contributed by atoms with Gasteiger partial charge in [-0.15, -0.1) is 0 Å². The number of benzene rings is 2. The highest BCUT2D eigenvalue weighted by atomic mass is 16.5. The number of rotatable bonds is 6. The fourth-order valence-electron chi connectivity index (χ4n) is 3.57. The Hall–Kier alpha value is -3.68. The van der Waals surface area contributed by atoms with Crippen LogP contribution < -0.4 is 15.6 Å². The molecule has 0 fully saturated rings. The van der Waals surface area contributed by atoms with Crippen molar-refractivity contribution in [2.75, 3.05) is 7.11 Å². The van der Waals surface area contributed by atoms with Crippen molar-refractivity contribution in [2.45, 2.75) is 39.0 Å². The van der Waals surface area contributed by atoms with Crippen LogP contribution in [0.15, 0.2) is 47.3 Å². The third-order valence-electron chi connectivity index (χ3n) is 5.33. The van der Waals surface area contributed by atoms with E-state index < -0.39 is 18.0 Å². The van der Waals surface area contributed by atoms with E-state index in [1.54, 1.807) is 35.9 Å². The molecule has 1 aromatic heterocycles. The summed E-state index contributed by atoms with van der Waals surface area (Å²) in [6.45, 7) is 2.49. The van der Waals surface area contributed by atoms with Crippen molar-refractivity contribution in [3.63, 3.8) is 0 Å². The smallest absolute Gasteiger partial charge is 0.338 e. The Bertz CT molecular complexity index is 1200. The second-order valence-corrected chi connectivity index (χ2v) is 7.43. The van der Waals surface area contributed by atoms with E-state index in [1.807, 2.05) is 12.1 Å². The van der Waals surface area contributed by atoms with Crippen LogP contribution in [-0.4, -0.2) is 34.6 Å². The molecule has 0 radical (unpaired) electrons. The average molecular weight is 421 g/mol. The first-order chi connectivity index (χ1) is 15.0. The number of aromatic nitrogens is 2. The minimum atomic E-state index is -0.972. The Kier molecular flexibility index (Phi) is 5.70. The minimum absolute atomic E-state index is 0.0938. The number of esters is 1. The van der Waals surface area contributed by atoms with Crippen LogP contribution >= 0.6 is 0 Å². The van der Waals surface area contributed by atoms with E-state index in [1.165, 1.54) is 13.0 Å².